The van der Waals surface area contributed by atoms with Crippen molar-refractivity contribution in [2.24, 2.45) is 11.5 Å². The molecule has 10 N–H and O–H groups in total. The number of aromatic nitrogens is 1. The molecule has 0 fully saturated rings. The number of carboxylic acid groups (broad SMARTS) is 1. The van der Waals surface area contributed by atoms with E-state index in [4.69, 9.17) is 11.5 Å². The van der Waals surface area contributed by atoms with Crippen LogP contribution in [0.2, 0.25) is 0 Å². The fourth-order valence-corrected chi connectivity index (χ4v) is 4.99. The third kappa shape index (κ3) is 9.16. The largest absolute Gasteiger partial charge is 0.508 e. The van der Waals surface area contributed by atoms with Gasteiger partial charge in [-0.3, -0.25) is 19.2 Å². The van der Waals surface area contributed by atoms with Crippen LogP contribution in [0.1, 0.15) is 23.1 Å². The van der Waals surface area contributed by atoms with Gasteiger partial charge in [0.25, 0.3) is 0 Å². The zero-order valence-corrected chi connectivity index (χ0v) is 24.8. The van der Waals surface area contributed by atoms with Gasteiger partial charge in [-0.05, 0) is 41.3 Å². The summed E-state index contributed by atoms with van der Waals surface area (Å²) >= 11 is 0. The Labute approximate surface area is 264 Å². The van der Waals surface area contributed by atoms with E-state index in [0.29, 0.717) is 11.1 Å². The highest BCUT2D eigenvalue weighted by Gasteiger charge is 2.32. The van der Waals surface area contributed by atoms with Crippen LogP contribution < -0.4 is 27.4 Å². The van der Waals surface area contributed by atoms with Crippen LogP contribution in [0.4, 0.5) is 0 Å². The number of para-hydroxylation sites is 1. The number of fused-ring (bicyclic) bond motifs is 1. The summed E-state index contributed by atoms with van der Waals surface area (Å²) < 4.78 is 0. The average molecular weight is 629 g/mol. The molecule has 0 aliphatic heterocycles. The van der Waals surface area contributed by atoms with E-state index in [9.17, 15) is 34.2 Å². The maximum atomic E-state index is 13.6. The maximum absolute atomic E-state index is 13.6. The summed E-state index contributed by atoms with van der Waals surface area (Å²) in [5, 5.41) is 27.8. The van der Waals surface area contributed by atoms with Crippen molar-refractivity contribution in [3.05, 3.63) is 102 Å². The van der Waals surface area contributed by atoms with Gasteiger partial charge in [-0.1, -0.05) is 60.7 Å². The number of carboxylic acids is 1. The number of hydrogen-bond donors (Lipinski definition) is 8. The molecule has 4 atom stereocenters. The number of aromatic amines is 1. The van der Waals surface area contributed by atoms with E-state index >= 15 is 0 Å². The Kier molecular flexibility index (Phi) is 11.1. The van der Waals surface area contributed by atoms with E-state index in [0.717, 1.165) is 16.5 Å². The van der Waals surface area contributed by atoms with E-state index in [-0.39, 0.29) is 25.0 Å². The molecule has 4 amide bonds. The van der Waals surface area contributed by atoms with Gasteiger partial charge in [0, 0.05) is 29.9 Å². The van der Waals surface area contributed by atoms with Crippen molar-refractivity contribution in [3.63, 3.8) is 0 Å². The van der Waals surface area contributed by atoms with E-state index in [1.807, 2.05) is 30.3 Å². The summed E-state index contributed by atoms with van der Waals surface area (Å²) in [6.07, 6.45) is 1.11. The van der Waals surface area contributed by atoms with E-state index in [1.165, 1.54) is 24.3 Å². The summed E-state index contributed by atoms with van der Waals surface area (Å²) in [5.41, 5.74) is 14.2. The first-order valence-corrected chi connectivity index (χ1v) is 14.5. The number of primary amides is 1. The average Bonchev–Trinajstić information content (AvgIpc) is 3.43. The number of nitrogens with one attached hydrogen (secondary N) is 4. The number of carbonyl (C=O) groups excluding carboxylic acids is 4. The molecule has 0 aliphatic rings. The number of hydrogen-bond acceptors (Lipinski definition) is 7. The zero-order valence-electron chi connectivity index (χ0n) is 24.8. The molecule has 1 heterocycles. The van der Waals surface area contributed by atoms with Crippen molar-refractivity contribution in [1.82, 2.24) is 20.9 Å². The van der Waals surface area contributed by atoms with Crippen LogP contribution in [0.15, 0.2) is 85.1 Å². The quantitative estimate of drug-likeness (QED) is 0.0929. The molecule has 1 aromatic heterocycles. The summed E-state index contributed by atoms with van der Waals surface area (Å²) in [4.78, 5) is 67.2. The van der Waals surface area contributed by atoms with Gasteiger partial charge >= 0.3 is 5.97 Å². The van der Waals surface area contributed by atoms with Gasteiger partial charge in [0.05, 0.1) is 12.5 Å². The van der Waals surface area contributed by atoms with Crippen LogP contribution >= 0.6 is 0 Å². The number of amides is 4. The van der Waals surface area contributed by atoms with E-state index in [1.54, 1.807) is 30.5 Å². The summed E-state index contributed by atoms with van der Waals surface area (Å²) in [6, 6.07) is 16.9. The lowest BCUT2D eigenvalue weighted by Crippen LogP contribution is -2.58. The summed E-state index contributed by atoms with van der Waals surface area (Å²) in [7, 11) is 0. The van der Waals surface area contributed by atoms with Gasteiger partial charge in [-0.2, -0.15) is 0 Å². The fraction of sp³-hybridized carbons (Fsp3) is 0.242. The van der Waals surface area contributed by atoms with Gasteiger partial charge in [0.1, 0.15) is 23.9 Å². The van der Waals surface area contributed by atoms with E-state index < -0.39 is 60.2 Å². The molecule has 0 spiro atoms. The number of nitrogens with two attached hydrogens (primary N) is 2. The second-order valence-electron chi connectivity index (χ2n) is 10.9. The second kappa shape index (κ2) is 15.3. The lowest BCUT2D eigenvalue weighted by Gasteiger charge is -2.25. The predicted molar refractivity (Wildman–Crippen MR) is 169 cm³/mol. The number of carbonyl (C=O) groups is 5. The molecular weight excluding hydrogens is 592 g/mol. The van der Waals surface area contributed by atoms with E-state index in [2.05, 4.69) is 20.9 Å². The molecule has 0 saturated carbocycles. The lowest BCUT2D eigenvalue weighted by atomic mass is 10.0. The Hall–Kier alpha value is -5.69. The number of phenolic OH excluding ortho intramolecular Hbond substituents is 1. The van der Waals surface area contributed by atoms with Crippen LogP contribution in [-0.4, -0.2) is 69.0 Å². The van der Waals surface area contributed by atoms with Crippen LogP contribution in [0, 0.1) is 0 Å². The molecule has 0 radical (unpaired) electrons. The first-order valence-electron chi connectivity index (χ1n) is 14.5. The first kappa shape index (κ1) is 33.2. The molecule has 0 aliphatic carbocycles. The normalized spacial score (nSPS) is 13.6. The molecule has 3 aromatic carbocycles. The molecular formula is C33H36N6O7. The van der Waals surface area contributed by atoms with Gasteiger partial charge < -0.3 is 42.6 Å². The Bertz CT molecular complexity index is 1690. The standard InChI is InChI=1S/C33H36N6O7/c34-24(14-19-6-2-1-3-7-19)30(42)37-27(17-29(35)41)32(44)38-26(16-21-18-36-25-9-5-4-8-23(21)25)31(43)39-28(33(45)46)15-20-10-12-22(40)13-11-20/h1-13,18,24,26-28,36,40H,14-17,34H2,(H2,35,41)(H,37,42)(H,38,44)(H,39,43)(H,45,46). The molecule has 13 nitrogen and oxygen atoms in total. The van der Waals surface area contributed by atoms with Crippen molar-refractivity contribution in [1.29, 1.82) is 0 Å². The molecule has 46 heavy (non-hydrogen) atoms. The minimum Gasteiger partial charge on any atom is -0.508 e. The van der Waals surface area contributed by atoms with Gasteiger partial charge in [-0.25, -0.2) is 4.79 Å². The van der Waals surface area contributed by atoms with Crippen molar-refractivity contribution in [2.75, 3.05) is 0 Å². The van der Waals surface area contributed by atoms with Crippen LogP contribution in [0.5, 0.6) is 5.75 Å². The molecule has 4 unspecified atom stereocenters. The molecule has 0 saturated heterocycles. The van der Waals surface area contributed by atoms with Crippen molar-refractivity contribution in [2.45, 2.75) is 49.9 Å². The number of aromatic hydroxyl groups is 1. The number of H-pyrrole nitrogens is 1. The third-order valence-corrected chi connectivity index (χ3v) is 7.40. The smallest absolute Gasteiger partial charge is 0.326 e. The highest BCUT2D eigenvalue weighted by Crippen LogP contribution is 2.20. The fourth-order valence-electron chi connectivity index (χ4n) is 4.99. The van der Waals surface area contributed by atoms with Crippen LogP contribution in [-0.2, 0) is 43.2 Å². The summed E-state index contributed by atoms with van der Waals surface area (Å²) in [6.45, 7) is 0. The maximum Gasteiger partial charge on any atom is 0.326 e. The third-order valence-electron chi connectivity index (χ3n) is 7.40. The number of phenols is 1. The highest BCUT2D eigenvalue weighted by atomic mass is 16.4. The van der Waals surface area contributed by atoms with Crippen LogP contribution in [0.3, 0.4) is 0 Å². The Morgan fingerprint density at radius 2 is 1.28 bits per heavy atom. The van der Waals surface area contributed by atoms with Gasteiger partial charge in [0.2, 0.25) is 23.6 Å². The van der Waals surface area contributed by atoms with Crippen molar-refractivity contribution >= 4 is 40.5 Å². The first-order chi connectivity index (χ1) is 22.0. The SMILES string of the molecule is NC(=O)CC(NC(=O)C(N)Cc1ccccc1)C(=O)NC(Cc1c[nH]c2ccccc12)C(=O)NC(Cc1ccc(O)cc1)C(=O)O. The van der Waals surface area contributed by atoms with Crippen molar-refractivity contribution < 1.29 is 34.2 Å². The van der Waals surface area contributed by atoms with Crippen molar-refractivity contribution in [3.8, 4) is 5.75 Å². The van der Waals surface area contributed by atoms with Gasteiger partial charge in [-0.15, -0.1) is 0 Å². The molecule has 4 rings (SSSR count). The number of rotatable bonds is 15. The zero-order chi connectivity index (χ0) is 33.2. The highest BCUT2D eigenvalue weighted by molar-refractivity contribution is 5.96. The second-order valence-corrected chi connectivity index (χ2v) is 10.9. The Balaban J connectivity index is 1.55. The minimum absolute atomic E-state index is 0.000191. The predicted octanol–water partition coefficient (Wildman–Crippen LogP) is 0.643. The van der Waals surface area contributed by atoms with Gasteiger partial charge in [0.15, 0.2) is 0 Å². The monoisotopic (exact) mass is 628 g/mol. The summed E-state index contributed by atoms with van der Waals surface area (Å²) in [5.74, 6) is -4.60. The Morgan fingerprint density at radius 1 is 0.696 bits per heavy atom. The minimum atomic E-state index is -1.46. The molecule has 4 aromatic rings. The number of benzene rings is 3. The molecule has 13 heteroatoms. The topological polar surface area (TPSA) is 230 Å². The lowest BCUT2D eigenvalue weighted by molar-refractivity contribution is -0.142. The van der Waals surface area contributed by atoms with Crippen LogP contribution in [0.25, 0.3) is 10.9 Å². The molecule has 240 valence electrons. The number of aliphatic carboxylic acids is 1. The molecule has 0 bridgehead atoms. The Morgan fingerprint density at radius 3 is 1.96 bits per heavy atom.